The van der Waals surface area contributed by atoms with Gasteiger partial charge in [0.25, 0.3) is 0 Å². The summed E-state index contributed by atoms with van der Waals surface area (Å²) in [5.74, 6) is 5.46. The van der Waals surface area contributed by atoms with Crippen molar-refractivity contribution in [3.63, 3.8) is 0 Å². The highest BCUT2D eigenvalue weighted by Gasteiger charge is 2.58. The molecule has 0 bridgehead atoms. The van der Waals surface area contributed by atoms with Gasteiger partial charge in [-0.25, -0.2) is 18.2 Å². The third-order valence-corrected chi connectivity index (χ3v) is 6.08. The lowest BCUT2D eigenvalue weighted by Gasteiger charge is -2.31. The third-order valence-electron chi connectivity index (χ3n) is 3.70. The Balaban J connectivity index is 2.55. The zero-order chi connectivity index (χ0) is 15.7. The molecule has 8 heteroatoms. The zero-order valence-corrected chi connectivity index (χ0v) is 12.7. The maximum atomic E-state index is 12.9. The van der Waals surface area contributed by atoms with Gasteiger partial charge >= 0.3 is 5.97 Å². The number of carbonyl (C=O) groups is 1. The van der Waals surface area contributed by atoms with Gasteiger partial charge in [-0.2, -0.15) is 0 Å². The molecule has 0 saturated carbocycles. The van der Waals surface area contributed by atoms with E-state index in [1.165, 1.54) is 31.4 Å². The van der Waals surface area contributed by atoms with Crippen LogP contribution in [0.4, 0.5) is 0 Å². The number of benzene rings is 1. The van der Waals surface area contributed by atoms with Gasteiger partial charge in [0.05, 0.1) is 19.1 Å². The molecule has 1 aromatic rings. The molecule has 7 nitrogen and oxygen atoms in total. The van der Waals surface area contributed by atoms with Gasteiger partial charge < -0.3 is 9.47 Å². The van der Waals surface area contributed by atoms with E-state index in [1.807, 2.05) is 0 Å². The standard InChI is InChI=1S/C13H18N2O5S/c1-19-10-4-6-11(7-5-10)21(17,18)13(12(16)20-2)8-3-9-15(13)14/h4-7H,3,8-9,14H2,1-2H3/t13-/m1/s1. The van der Waals surface area contributed by atoms with Crippen LogP contribution in [0.3, 0.4) is 0 Å². The van der Waals surface area contributed by atoms with Crippen molar-refractivity contribution in [2.24, 2.45) is 5.84 Å². The Labute approximate surface area is 123 Å². The van der Waals surface area contributed by atoms with Gasteiger partial charge in [-0.1, -0.05) is 0 Å². The summed E-state index contributed by atoms with van der Waals surface area (Å²) in [6.07, 6.45) is 0.603. The predicted molar refractivity (Wildman–Crippen MR) is 75.1 cm³/mol. The number of esters is 1. The lowest BCUT2D eigenvalue weighted by molar-refractivity contribution is -0.148. The molecule has 21 heavy (non-hydrogen) atoms. The normalized spacial score (nSPS) is 23.0. The second-order valence-electron chi connectivity index (χ2n) is 4.75. The van der Waals surface area contributed by atoms with E-state index in [1.54, 1.807) is 0 Å². The van der Waals surface area contributed by atoms with Gasteiger partial charge in [-0.05, 0) is 37.1 Å². The molecule has 1 atom stereocenters. The number of hydrazine groups is 1. The molecule has 0 aliphatic carbocycles. The number of hydrogen-bond acceptors (Lipinski definition) is 7. The molecule has 2 N–H and O–H groups in total. The van der Waals surface area contributed by atoms with Gasteiger partial charge in [-0.3, -0.25) is 5.84 Å². The van der Waals surface area contributed by atoms with Crippen molar-refractivity contribution >= 4 is 15.8 Å². The van der Waals surface area contributed by atoms with Crippen molar-refractivity contribution in [2.75, 3.05) is 20.8 Å². The van der Waals surface area contributed by atoms with E-state index in [4.69, 9.17) is 15.3 Å². The van der Waals surface area contributed by atoms with Gasteiger partial charge in [0.15, 0.2) is 0 Å². The van der Waals surface area contributed by atoms with Crippen LogP contribution in [-0.2, 0) is 19.4 Å². The first kappa shape index (κ1) is 15.7. The quantitative estimate of drug-likeness (QED) is 0.630. The summed E-state index contributed by atoms with van der Waals surface area (Å²) >= 11 is 0. The molecule has 0 aromatic heterocycles. The fourth-order valence-electron chi connectivity index (χ4n) is 2.54. The first-order chi connectivity index (χ1) is 9.90. The topological polar surface area (TPSA) is 98.9 Å². The fraction of sp³-hybridized carbons (Fsp3) is 0.462. The second kappa shape index (κ2) is 5.63. The molecule has 1 aliphatic rings. The van der Waals surface area contributed by atoms with Gasteiger partial charge in [-0.15, -0.1) is 0 Å². The smallest absolute Gasteiger partial charge is 0.343 e. The van der Waals surface area contributed by atoms with Crippen molar-refractivity contribution in [1.29, 1.82) is 0 Å². The molecule has 0 spiro atoms. The Bertz CT molecular complexity index is 628. The van der Waals surface area contributed by atoms with Crippen LogP contribution in [0.25, 0.3) is 0 Å². The maximum Gasteiger partial charge on any atom is 0.343 e. The van der Waals surface area contributed by atoms with Crippen LogP contribution in [0.1, 0.15) is 12.8 Å². The molecule has 1 fully saturated rings. The molecule has 1 aliphatic heterocycles. The Morgan fingerprint density at radius 1 is 1.29 bits per heavy atom. The van der Waals surface area contributed by atoms with E-state index >= 15 is 0 Å². The molecule has 2 rings (SSSR count). The number of sulfone groups is 1. The summed E-state index contributed by atoms with van der Waals surface area (Å²) in [5, 5.41) is 1.05. The summed E-state index contributed by atoms with van der Waals surface area (Å²) in [5.41, 5.74) is 0. The molecule has 0 radical (unpaired) electrons. The van der Waals surface area contributed by atoms with Crippen LogP contribution in [0, 0.1) is 0 Å². The third kappa shape index (κ3) is 2.29. The van der Waals surface area contributed by atoms with Crippen molar-refractivity contribution < 1.29 is 22.7 Å². The van der Waals surface area contributed by atoms with Crippen LogP contribution < -0.4 is 10.6 Å². The highest BCUT2D eigenvalue weighted by atomic mass is 32.2. The van der Waals surface area contributed by atoms with E-state index in [9.17, 15) is 13.2 Å². The van der Waals surface area contributed by atoms with Gasteiger partial charge in [0, 0.05) is 6.54 Å². The fourth-order valence-corrected chi connectivity index (χ4v) is 4.54. The number of hydrogen-bond donors (Lipinski definition) is 1. The molecule has 1 aromatic carbocycles. The summed E-state index contributed by atoms with van der Waals surface area (Å²) < 4.78 is 35.5. The second-order valence-corrected chi connectivity index (χ2v) is 6.91. The summed E-state index contributed by atoms with van der Waals surface area (Å²) in [6.45, 7) is 0.310. The summed E-state index contributed by atoms with van der Waals surface area (Å²) in [4.78, 5) is 10.3. The monoisotopic (exact) mass is 314 g/mol. The van der Waals surface area contributed by atoms with Crippen molar-refractivity contribution in [3.05, 3.63) is 24.3 Å². The number of nitrogens with zero attached hydrogens (tertiary/aromatic N) is 1. The van der Waals surface area contributed by atoms with E-state index < -0.39 is 20.7 Å². The van der Waals surface area contributed by atoms with Gasteiger partial charge in [0.2, 0.25) is 14.7 Å². The van der Waals surface area contributed by atoms with Crippen molar-refractivity contribution in [2.45, 2.75) is 22.6 Å². The van der Waals surface area contributed by atoms with Crippen LogP contribution in [-0.4, -0.2) is 45.0 Å². The Morgan fingerprint density at radius 3 is 2.33 bits per heavy atom. The SMILES string of the molecule is COC(=O)[C@]1(S(=O)(=O)c2ccc(OC)cc2)CCCN1N. The number of nitrogens with two attached hydrogens (primary N) is 1. The number of rotatable bonds is 4. The predicted octanol–water partition coefficient (Wildman–Crippen LogP) is 0.308. The minimum atomic E-state index is -4.02. The Kier molecular flexibility index (Phi) is 4.22. The maximum absolute atomic E-state index is 12.9. The Morgan fingerprint density at radius 2 is 1.90 bits per heavy atom. The minimum absolute atomic E-state index is 0.00560. The molecular formula is C13H18N2O5S. The van der Waals surface area contributed by atoms with Crippen molar-refractivity contribution in [1.82, 2.24) is 5.01 Å². The molecule has 1 heterocycles. The minimum Gasteiger partial charge on any atom is -0.497 e. The van der Waals surface area contributed by atoms with Crippen LogP contribution >= 0.6 is 0 Å². The Hall–Kier alpha value is -1.64. The van der Waals surface area contributed by atoms with Gasteiger partial charge in [0.1, 0.15) is 5.75 Å². The highest BCUT2D eigenvalue weighted by Crippen LogP contribution is 2.37. The lowest BCUT2D eigenvalue weighted by atomic mass is 10.2. The number of carbonyl (C=O) groups excluding carboxylic acids is 1. The lowest BCUT2D eigenvalue weighted by Crippen LogP contribution is -2.59. The molecule has 116 valence electrons. The average molecular weight is 314 g/mol. The first-order valence-corrected chi connectivity index (χ1v) is 7.88. The van der Waals surface area contributed by atoms with E-state index in [0.29, 0.717) is 18.7 Å². The van der Waals surface area contributed by atoms with E-state index in [0.717, 1.165) is 12.1 Å². The van der Waals surface area contributed by atoms with Crippen LogP contribution in [0.5, 0.6) is 5.75 Å². The highest BCUT2D eigenvalue weighted by molar-refractivity contribution is 7.93. The zero-order valence-electron chi connectivity index (χ0n) is 11.9. The number of ether oxygens (including phenoxy) is 2. The summed E-state index contributed by atoms with van der Waals surface area (Å²) in [7, 11) is -1.38. The molecule has 1 saturated heterocycles. The van der Waals surface area contributed by atoms with Crippen molar-refractivity contribution in [3.8, 4) is 5.75 Å². The van der Waals surface area contributed by atoms with E-state index in [-0.39, 0.29) is 11.3 Å². The molecule has 0 amide bonds. The van der Waals surface area contributed by atoms with Crippen LogP contribution in [0.15, 0.2) is 29.2 Å². The molecular weight excluding hydrogens is 296 g/mol. The summed E-state index contributed by atoms with van der Waals surface area (Å²) in [6, 6.07) is 5.83. The number of methoxy groups -OCH3 is 2. The van der Waals surface area contributed by atoms with Crippen LogP contribution in [0.2, 0.25) is 0 Å². The largest absolute Gasteiger partial charge is 0.497 e. The van der Waals surface area contributed by atoms with E-state index in [2.05, 4.69) is 0 Å². The average Bonchev–Trinajstić information content (AvgIpc) is 2.89. The molecule has 0 unspecified atom stereocenters. The first-order valence-electron chi connectivity index (χ1n) is 6.39.